The van der Waals surface area contributed by atoms with E-state index in [1.165, 1.54) is 12.8 Å². The van der Waals surface area contributed by atoms with Gasteiger partial charge in [-0.3, -0.25) is 0 Å². The standard InChI is InChI=1S/C10H19N3/c1-4-9(5-2)8-13-7-6-12-10(13)11-3/h6-7,9H,4-5,8H2,1-3H3,(H,11,12). The van der Waals surface area contributed by atoms with Crippen molar-refractivity contribution in [1.82, 2.24) is 9.55 Å². The molecular weight excluding hydrogens is 162 g/mol. The first-order valence-electron chi connectivity index (χ1n) is 5.00. The summed E-state index contributed by atoms with van der Waals surface area (Å²) < 4.78 is 2.18. The molecule has 0 bridgehead atoms. The van der Waals surface area contributed by atoms with Crippen LogP contribution in [0.3, 0.4) is 0 Å². The van der Waals surface area contributed by atoms with E-state index in [1.807, 2.05) is 19.4 Å². The van der Waals surface area contributed by atoms with Crippen molar-refractivity contribution in [3.8, 4) is 0 Å². The van der Waals surface area contributed by atoms with Crippen LogP contribution in [0.4, 0.5) is 5.95 Å². The molecule has 0 spiro atoms. The van der Waals surface area contributed by atoms with Gasteiger partial charge in [-0.15, -0.1) is 0 Å². The van der Waals surface area contributed by atoms with E-state index in [2.05, 4.69) is 28.7 Å². The van der Waals surface area contributed by atoms with Crippen molar-refractivity contribution < 1.29 is 0 Å². The number of nitrogens with zero attached hydrogens (tertiary/aromatic N) is 2. The maximum Gasteiger partial charge on any atom is 0.202 e. The van der Waals surface area contributed by atoms with Gasteiger partial charge in [-0.05, 0) is 5.92 Å². The van der Waals surface area contributed by atoms with Crippen LogP contribution in [0.15, 0.2) is 12.4 Å². The van der Waals surface area contributed by atoms with Crippen LogP contribution >= 0.6 is 0 Å². The predicted octanol–water partition coefficient (Wildman–Crippen LogP) is 2.36. The molecule has 0 saturated heterocycles. The summed E-state index contributed by atoms with van der Waals surface area (Å²) in [6.45, 7) is 5.55. The van der Waals surface area contributed by atoms with Gasteiger partial charge in [0.2, 0.25) is 5.95 Å². The fourth-order valence-electron chi connectivity index (χ4n) is 1.51. The van der Waals surface area contributed by atoms with Crippen LogP contribution in [0.2, 0.25) is 0 Å². The zero-order valence-corrected chi connectivity index (χ0v) is 8.75. The second-order valence-electron chi connectivity index (χ2n) is 3.34. The van der Waals surface area contributed by atoms with Gasteiger partial charge < -0.3 is 9.88 Å². The van der Waals surface area contributed by atoms with E-state index >= 15 is 0 Å². The number of nitrogens with one attached hydrogen (secondary N) is 1. The highest BCUT2D eigenvalue weighted by Gasteiger charge is 2.06. The Morgan fingerprint density at radius 2 is 2.15 bits per heavy atom. The van der Waals surface area contributed by atoms with Crippen LogP contribution in [0.1, 0.15) is 26.7 Å². The summed E-state index contributed by atoms with van der Waals surface area (Å²) in [6.07, 6.45) is 6.34. The first-order valence-corrected chi connectivity index (χ1v) is 5.00. The molecule has 0 aliphatic rings. The molecule has 1 aromatic heterocycles. The van der Waals surface area contributed by atoms with Crippen molar-refractivity contribution in [2.75, 3.05) is 12.4 Å². The van der Waals surface area contributed by atoms with E-state index in [1.54, 1.807) is 0 Å². The number of hydrogen-bond donors (Lipinski definition) is 1. The van der Waals surface area contributed by atoms with Crippen molar-refractivity contribution in [1.29, 1.82) is 0 Å². The molecule has 3 heteroatoms. The van der Waals surface area contributed by atoms with Gasteiger partial charge in [0.1, 0.15) is 0 Å². The second kappa shape index (κ2) is 4.90. The minimum Gasteiger partial charge on any atom is -0.359 e. The molecule has 0 atom stereocenters. The average Bonchev–Trinajstić information content (AvgIpc) is 2.61. The first-order chi connectivity index (χ1) is 6.31. The Labute approximate surface area is 80.2 Å². The largest absolute Gasteiger partial charge is 0.359 e. The monoisotopic (exact) mass is 181 g/mol. The van der Waals surface area contributed by atoms with E-state index in [4.69, 9.17) is 0 Å². The zero-order chi connectivity index (χ0) is 9.68. The summed E-state index contributed by atoms with van der Waals surface area (Å²) in [6, 6.07) is 0. The molecule has 1 N–H and O–H groups in total. The molecule has 0 saturated carbocycles. The Morgan fingerprint density at radius 3 is 2.69 bits per heavy atom. The summed E-state index contributed by atoms with van der Waals surface area (Å²) in [5.74, 6) is 1.73. The molecule has 3 nitrogen and oxygen atoms in total. The Balaban J connectivity index is 2.61. The molecule has 1 rings (SSSR count). The lowest BCUT2D eigenvalue weighted by molar-refractivity contribution is 0.421. The summed E-state index contributed by atoms with van der Waals surface area (Å²) in [5, 5.41) is 3.08. The quantitative estimate of drug-likeness (QED) is 0.755. The predicted molar refractivity (Wildman–Crippen MR) is 55.8 cm³/mol. The van der Waals surface area contributed by atoms with E-state index in [0.717, 1.165) is 18.4 Å². The lowest BCUT2D eigenvalue weighted by Gasteiger charge is -2.14. The summed E-state index contributed by atoms with van der Waals surface area (Å²) >= 11 is 0. The fourth-order valence-corrected chi connectivity index (χ4v) is 1.51. The first kappa shape index (κ1) is 10.1. The Hall–Kier alpha value is -0.990. The van der Waals surface area contributed by atoms with Crippen LogP contribution < -0.4 is 5.32 Å². The number of imidazole rings is 1. The topological polar surface area (TPSA) is 29.9 Å². The molecule has 13 heavy (non-hydrogen) atoms. The molecule has 1 heterocycles. The molecule has 0 radical (unpaired) electrons. The van der Waals surface area contributed by atoms with Crippen LogP contribution in [-0.2, 0) is 6.54 Å². The smallest absolute Gasteiger partial charge is 0.202 e. The van der Waals surface area contributed by atoms with Gasteiger partial charge in [-0.25, -0.2) is 4.98 Å². The van der Waals surface area contributed by atoms with Crippen molar-refractivity contribution in [2.45, 2.75) is 33.2 Å². The van der Waals surface area contributed by atoms with Crippen LogP contribution in [0.25, 0.3) is 0 Å². The Bertz CT molecular complexity index is 238. The zero-order valence-electron chi connectivity index (χ0n) is 8.75. The summed E-state index contributed by atoms with van der Waals surface area (Å²) in [4.78, 5) is 4.21. The van der Waals surface area contributed by atoms with Gasteiger partial charge in [0, 0.05) is 26.0 Å². The summed E-state index contributed by atoms with van der Waals surface area (Å²) in [5.41, 5.74) is 0. The fraction of sp³-hybridized carbons (Fsp3) is 0.700. The molecular formula is C10H19N3. The molecule has 1 aromatic rings. The molecule has 0 amide bonds. The van der Waals surface area contributed by atoms with E-state index < -0.39 is 0 Å². The molecule has 74 valence electrons. The number of aromatic nitrogens is 2. The molecule has 0 aliphatic heterocycles. The van der Waals surface area contributed by atoms with Crippen molar-refractivity contribution >= 4 is 5.95 Å². The average molecular weight is 181 g/mol. The second-order valence-corrected chi connectivity index (χ2v) is 3.34. The lowest BCUT2D eigenvalue weighted by atomic mass is 10.0. The third-order valence-electron chi connectivity index (χ3n) is 2.55. The summed E-state index contributed by atoms with van der Waals surface area (Å²) in [7, 11) is 1.91. The number of rotatable bonds is 5. The van der Waals surface area contributed by atoms with Crippen LogP contribution in [0.5, 0.6) is 0 Å². The highest BCUT2D eigenvalue weighted by Crippen LogP contribution is 2.13. The third kappa shape index (κ3) is 2.47. The van der Waals surface area contributed by atoms with Crippen molar-refractivity contribution in [3.05, 3.63) is 12.4 Å². The molecule has 0 unspecified atom stereocenters. The minimum atomic E-state index is 0.765. The van der Waals surface area contributed by atoms with E-state index in [-0.39, 0.29) is 0 Å². The van der Waals surface area contributed by atoms with Crippen molar-refractivity contribution in [3.63, 3.8) is 0 Å². The molecule has 0 aromatic carbocycles. The highest BCUT2D eigenvalue weighted by atomic mass is 15.2. The SMILES string of the molecule is CCC(CC)Cn1ccnc1NC. The van der Waals surface area contributed by atoms with Gasteiger partial charge in [-0.1, -0.05) is 26.7 Å². The van der Waals surface area contributed by atoms with Gasteiger partial charge in [0.25, 0.3) is 0 Å². The van der Waals surface area contributed by atoms with E-state index in [9.17, 15) is 0 Å². The van der Waals surface area contributed by atoms with Gasteiger partial charge >= 0.3 is 0 Å². The number of hydrogen-bond acceptors (Lipinski definition) is 2. The normalized spacial score (nSPS) is 10.8. The molecule has 0 aliphatic carbocycles. The Kier molecular flexibility index (Phi) is 3.80. The minimum absolute atomic E-state index is 0.765. The van der Waals surface area contributed by atoms with Gasteiger partial charge in [0.15, 0.2) is 0 Å². The number of anilines is 1. The van der Waals surface area contributed by atoms with Gasteiger partial charge in [0.05, 0.1) is 0 Å². The van der Waals surface area contributed by atoms with Crippen LogP contribution in [0, 0.1) is 5.92 Å². The van der Waals surface area contributed by atoms with Gasteiger partial charge in [-0.2, -0.15) is 0 Å². The lowest BCUT2D eigenvalue weighted by Crippen LogP contribution is -2.10. The highest BCUT2D eigenvalue weighted by molar-refractivity contribution is 5.24. The Morgan fingerprint density at radius 1 is 1.46 bits per heavy atom. The molecule has 0 fully saturated rings. The van der Waals surface area contributed by atoms with Crippen LogP contribution in [-0.4, -0.2) is 16.6 Å². The third-order valence-corrected chi connectivity index (χ3v) is 2.55. The van der Waals surface area contributed by atoms with Crippen molar-refractivity contribution in [2.24, 2.45) is 5.92 Å². The maximum atomic E-state index is 4.21. The maximum absolute atomic E-state index is 4.21. The van der Waals surface area contributed by atoms with E-state index in [0.29, 0.717) is 0 Å².